The third-order valence-corrected chi connectivity index (χ3v) is 3.41. The van der Waals surface area contributed by atoms with Crippen LogP contribution in [0.3, 0.4) is 0 Å². The minimum Gasteiger partial charge on any atom is -0.425 e. The Morgan fingerprint density at radius 2 is 2.19 bits per heavy atom. The third-order valence-electron chi connectivity index (χ3n) is 3.41. The van der Waals surface area contributed by atoms with E-state index in [-0.39, 0.29) is 17.8 Å². The molecule has 2 aliphatic rings. The second-order valence-electron chi connectivity index (χ2n) is 4.81. The van der Waals surface area contributed by atoms with Crippen molar-refractivity contribution in [3.05, 3.63) is 12.2 Å². The van der Waals surface area contributed by atoms with E-state index in [0.29, 0.717) is 11.5 Å². The van der Waals surface area contributed by atoms with Crippen LogP contribution in [0.5, 0.6) is 0 Å². The van der Waals surface area contributed by atoms with Gasteiger partial charge in [-0.2, -0.15) is 0 Å². The maximum atomic E-state index is 11.6. The Morgan fingerprint density at radius 3 is 2.81 bits per heavy atom. The van der Waals surface area contributed by atoms with Gasteiger partial charge in [0.25, 0.3) is 6.29 Å². The molecule has 0 radical (unpaired) electrons. The summed E-state index contributed by atoms with van der Waals surface area (Å²) in [6.45, 7) is 7.11. The molecule has 88 valence electrons. The molecule has 16 heavy (non-hydrogen) atoms. The SMILES string of the molecule is C=C(C)C(=O)OC1OC(=O)C2CC1CC2C. The van der Waals surface area contributed by atoms with Gasteiger partial charge in [-0.25, -0.2) is 4.79 Å². The van der Waals surface area contributed by atoms with Gasteiger partial charge in [0.1, 0.15) is 0 Å². The standard InChI is InChI=1S/C12H16O4/c1-6(2)10(13)15-12-8-4-7(3)9(5-8)11(14)16-12/h7-9,12H,1,4-5H2,2-3H3. The Balaban J connectivity index is 2.04. The molecule has 0 aromatic heterocycles. The van der Waals surface area contributed by atoms with Crippen LogP contribution in [-0.2, 0) is 19.1 Å². The zero-order chi connectivity index (χ0) is 11.9. The summed E-state index contributed by atoms with van der Waals surface area (Å²) in [6.07, 6.45) is 0.941. The number of carbonyl (C=O) groups excluding carboxylic acids is 2. The zero-order valence-corrected chi connectivity index (χ0v) is 9.56. The van der Waals surface area contributed by atoms with Gasteiger partial charge < -0.3 is 9.47 Å². The number of ether oxygens (including phenoxy) is 2. The average molecular weight is 224 g/mol. The lowest BCUT2D eigenvalue weighted by Gasteiger charge is -2.28. The van der Waals surface area contributed by atoms with Gasteiger partial charge in [0.15, 0.2) is 0 Å². The molecule has 0 N–H and O–H groups in total. The molecule has 1 aliphatic carbocycles. The van der Waals surface area contributed by atoms with Crippen LogP contribution in [0.2, 0.25) is 0 Å². The van der Waals surface area contributed by atoms with Gasteiger partial charge in [-0.1, -0.05) is 13.5 Å². The molecule has 0 amide bonds. The molecule has 4 nitrogen and oxygen atoms in total. The summed E-state index contributed by atoms with van der Waals surface area (Å²) in [5, 5.41) is 0. The van der Waals surface area contributed by atoms with E-state index >= 15 is 0 Å². The average Bonchev–Trinajstić information content (AvgIpc) is 2.54. The number of hydrogen-bond acceptors (Lipinski definition) is 4. The van der Waals surface area contributed by atoms with E-state index in [4.69, 9.17) is 9.47 Å². The fraction of sp³-hybridized carbons (Fsp3) is 0.667. The van der Waals surface area contributed by atoms with Crippen molar-refractivity contribution in [3.8, 4) is 0 Å². The van der Waals surface area contributed by atoms with Crippen molar-refractivity contribution in [3.63, 3.8) is 0 Å². The smallest absolute Gasteiger partial charge is 0.336 e. The highest BCUT2D eigenvalue weighted by Gasteiger charge is 2.48. The number of esters is 2. The molecule has 2 fully saturated rings. The highest BCUT2D eigenvalue weighted by Crippen LogP contribution is 2.43. The van der Waals surface area contributed by atoms with Crippen LogP contribution in [-0.4, -0.2) is 18.2 Å². The monoisotopic (exact) mass is 224 g/mol. The van der Waals surface area contributed by atoms with E-state index < -0.39 is 12.3 Å². The molecule has 1 aliphatic heterocycles. The first kappa shape index (κ1) is 11.2. The quantitative estimate of drug-likeness (QED) is 0.528. The molecule has 0 spiro atoms. The molecule has 4 heteroatoms. The Labute approximate surface area is 94.6 Å². The lowest BCUT2D eigenvalue weighted by atomic mass is 9.98. The highest BCUT2D eigenvalue weighted by molar-refractivity contribution is 5.87. The van der Waals surface area contributed by atoms with Crippen molar-refractivity contribution >= 4 is 11.9 Å². The summed E-state index contributed by atoms with van der Waals surface area (Å²) in [5.74, 6) is -0.256. The minimum atomic E-state index is -0.710. The van der Waals surface area contributed by atoms with Crippen LogP contribution in [0.1, 0.15) is 26.7 Å². The zero-order valence-electron chi connectivity index (χ0n) is 9.56. The molecule has 2 rings (SSSR count). The van der Waals surface area contributed by atoms with Crippen LogP contribution >= 0.6 is 0 Å². The predicted octanol–water partition coefficient (Wildman–Crippen LogP) is 1.65. The van der Waals surface area contributed by atoms with E-state index in [0.717, 1.165) is 12.8 Å². The summed E-state index contributed by atoms with van der Waals surface area (Å²) in [6, 6.07) is 0. The molecule has 2 bridgehead atoms. The lowest BCUT2D eigenvalue weighted by molar-refractivity contribution is -0.204. The summed E-state index contributed by atoms with van der Waals surface area (Å²) >= 11 is 0. The minimum absolute atomic E-state index is 0.00946. The van der Waals surface area contributed by atoms with Crippen LogP contribution < -0.4 is 0 Å². The molecule has 0 aromatic rings. The predicted molar refractivity (Wildman–Crippen MR) is 56.2 cm³/mol. The first-order valence-electron chi connectivity index (χ1n) is 5.56. The van der Waals surface area contributed by atoms with Gasteiger partial charge in [-0.05, 0) is 25.7 Å². The van der Waals surface area contributed by atoms with Crippen LogP contribution in [0, 0.1) is 17.8 Å². The molecule has 0 aromatic carbocycles. The number of fused-ring (bicyclic) bond motifs is 2. The van der Waals surface area contributed by atoms with E-state index in [1.807, 2.05) is 6.92 Å². The Kier molecular flexibility index (Phi) is 2.74. The highest BCUT2D eigenvalue weighted by atomic mass is 16.7. The van der Waals surface area contributed by atoms with Gasteiger partial charge >= 0.3 is 11.9 Å². The first-order valence-corrected chi connectivity index (χ1v) is 5.56. The second-order valence-corrected chi connectivity index (χ2v) is 4.81. The molecule has 4 unspecified atom stereocenters. The fourth-order valence-corrected chi connectivity index (χ4v) is 2.47. The second kappa shape index (κ2) is 3.92. The summed E-state index contributed by atoms with van der Waals surface area (Å²) in [7, 11) is 0. The van der Waals surface area contributed by atoms with Gasteiger partial charge in [-0.3, -0.25) is 4.79 Å². The van der Waals surface area contributed by atoms with E-state index in [9.17, 15) is 9.59 Å². The largest absolute Gasteiger partial charge is 0.425 e. The Morgan fingerprint density at radius 1 is 1.50 bits per heavy atom. The number of cyclic esters (lactones) is 1. The number of carbonyl (C=O) groups is 2. The van der Waals surface area contributed by atoms with E-state index in [1.165, 1.54) is 0 Å². The molecule has 1 saturated heterocycles. The maximum Gasteiger partial charge on any atom is 0.336 e. The third kappa shape index (κ3) is 1.84. The molecule has 4 atom stereocenters. The van der Waals surface area contributed by atoms with Crippen molar-refractivity contribution in [2.24, 2.45) is 17.8 Å². The summed E-state index contributed by atoms with van der Waals surface area (Å²) in [4.78, 5) is 22.9. The summed E-state index contributed by atoms with van der Waals surface area (Å²) in [5.41, 5.74) is 0.323. The van der Waals surface area contributed by atoms with E-state index in [2.05, 4.69) is 6.58 Å². The molecular weight excluding hydrogens is 208 g/mol. The lowest BCUT2D eigenvalue weighted by Crippen LogP contribution is -2.36. The maximum absolute atomic E-state index is 11.6. The van der Waals surface area contributed by atoms with Gasteiger partial charge in [0, 0.05) is 11.5 Å². The van der Waals surface area contributed by atoms with Gasteiger partial charge in [-0.15, -0.1) is 0 Å². The summed E-state index contributed by atoms with van der Waals surface area (Å²) < 4.78 is 10.3. The van der Waals surface area contributed by atoms with Gasteiger partial charge in [0.05, 0.1) is 5.92 Å². The molecule has 1 saturated carbocycles. The molecular formula is C12H16O4. The number of hydrogen-bond donors (Lipinski definition) is 0. The normalized spacial score (nSPS) is 36.8. The first-order chi connectivity index (χ1) is 7.49. The van der Waals surface area contributed by atoms with Crippen molar-refractivity contribution in [2.75, 3.05) is 0 Å². The Hall–Kier alpha value is -1.32. The van der Waals surface area contributed by atoms with Crippen molar-refractivity contribution in [1.29, 1.82) is 0 Å². The molecule has 1 heterocycles. The van der Waals surface area contributed by atoms with Crippen molar-refractivity contribution in [1.82, 2.24) is 0 Å². The van der Waals surface area contributed by atoms with Gasteiger partial charge in [0.2, 0.25) is 0 Å². The van der Waals surface area contributed by atoms with E-state index in [1.54, 1.807) is 6.92 Å². The Bertz CT molecular complexity index is 347. The van der Waals surface area contributed by atoms with Crippen molar-refractivity contribution in [2.45, 2.75) is 33.0 Å². The topological polar surface area (TPSA) is 52.6 Å². The fourth-order valence-electron chi connectivity index (χ4n) is 2.47. The van der Waals surface area contributed by atoms with Crippen LogP contribution in [0.4, 0.5) is 0 Å². The van der Waals surface area contributed by atoms with Crippen LogP contribution in [0.15, 0.2) is 12.2 Å². The van der Waals surface area contributed by atoms with Crippen LogP contribution in [0.25, 0.3) is 0 Å². The number of rotatable bonds is 2. The van der Waals surface area contributed by atoms with Crippen molar-refractivity contribution < 1.29 is 19.1 Å².